The fourth-order valence-electron chi connectivity index (χ4n) is 2.11. The number of nitrogens with one attached hydrogen (secondary N) is 2. The first-order valence-electron chi connectivity index (χ1n) is 6.64. The maximum atomic E-state index is 13.6. The SMILES string of the molecule is C#CCNC(=NC)NCCc1cc(F)cc2c1OCOC2.I. The quantitative estimate of drug-likeness (QED) is 0.338. The van der Waals surface area contributed by atoms with E-state index in [2.05, 4.69) is 21.5 Å². The van der Waals surface area contributed by atoms with Crippen LogP contribution in [0.25, 0.3) is 0 Å². The second kappa shape index (κ2) is 9.48. The third-order valence-corrected chi connectivity index (χ3v) is 3.02. The van der Waals surface area contributed by atoms with Crippen LogP contribution in [-0.2, 0) is 17.8 Å². The topological polar surface area (TPSA) is 54.9 Å². The van der Waals surface area contributed by atoms with Gasteiger partial charge in [0.1, 0.15) is 11.6 Å². The van der Waals surface area contributed by atoms with Gasteiger partial charge in [-0.2, -0.15) is 0 Å². The van der Waals surface area contributed by atoms with E-state index < -0.39 is 0 Å². The number of ether oxygens (including phenoxy) is 2. The summed E-state index contributed by atoms with van der Waals surface area (Å²) in [7, 11) is 1.66. The average Bonchev–Trinajstić information content (AvgIpc) is 2.50. The largest absolute Gasteiger partial charge is 0.467 e. The Balaban J connectivity index is 0.00000242. The Morgan fingerprint density at radius 1 is 1.45 bits per heavy atom. The van der Waals surface area contributed by atoms with Crippen molar-refractivity contribution in [2.24, 2.45) is 4.99 Å². The smallest absolute Gasteiger partial charge is 0.191 e. The predicted octanol–water partition coefficient (Wildman–Crippen LogP) is 1.65. The molecule has 1 aromatic carbocycles. The van der Waals surface area contributed by atoms with Gasteiger partial charge in [0.2, 0.25) is 0 Å². The van der Waals surface area contributed by atoms with Gasteiger partial charge in [-0.05, 0) is 24.1 Å². The van der Waals surface area contributed by atoms with Crippen molar-refractivity contribution in [1.29, 1.82) is 0 Å². The zero-order chi connectivity index (χ0) is 15.1. The number of hydrogen-bond acceptors (Lipinski definition) is 3. The minimum atomic E-state index is -0.285. The Kier molecular flexibility index (Phi) is 7.98. The molecule has 2 rings (SSSR count). The molecule has 0 unspecified atom stereocenters. The lowest BCUT2D eigenvalue weighted by atomic mass is 10.1. The van der Waals surface area contributed by atoms with Crippen LogP contribution in [0.3, 0.4) is 0 Å². The number of nitrogens with zero attached hydrogens (tertiary/aromatic N) is 1. The number of halogens is 2. The van der Waals surface area contributed by atoms with Gasteiger partial charge in [0.05, 0.1) is 13.2 Å². The number of guanidine groups is 1. The molecule has 0 spiro atoms. The molecule has 0 fully saturated rings. The molecule has 5 nitrogen and oxygen atoms in total. The van der Waals surface area contributed by atoms with Crippen LogP contribution in [0.5, 0.6) is 5.75 Å². The number of hydrogen-bond donors (Lipinski definition) is 2. The molecule has 120 valence electrons. The molecule has 0 atom stereocenters. The van der Waals surface area contributed by atoms with Crippen molar-refractivity contribution >= 4 is 29.9 Å². The third-order valence-electron chi connectivity index (χ3n) is 3.02. The first-order valence-corrected chi connectivity index (χ1v) is 6.64. The molecule has 1 aliphatic heterocycles. The molecule has 0 saturated carbocycles. The van der Waals surface area contributed by atoms with Crippen molar-refractivity contribution in [3.8, 4) is 18.1 Å². The third kappa shape index (κ3) is 5.03. The van der Waals surface area contributed by atoms with E-state index in [0.717, 1.165) is 16.9 Å². The fraction of sp³-hybridized carbons (Fsp3) is 0.400. The van der Waals surface area contributed by atoms with Crippen LogP contribution < -0.4 is 15.4 Å². The molecule has 7 heteroatoms. The zero-order valence-corrected chi connectivity index (χ0v) is 14.6. The van der Waals surface area contributed by atoms with Gasteiger partial charge in [0, 0.05) is 19.2 Å². The molecule has 0 radical (unpaired) electrons. The van der Waals surface area contributed by atoms with Crippen LogP contribution in [0.4, 0.5) is 4.39 Å². The highest BCUT2D eigenvalue weighted by molar-refractivity contribution is 14.0. The molecule has 1 aliphatic rings. The van der Waals surface area contributed by atoms with Gasteiger partial charge in [-0.25, -0.2) is 4.39 Å². The standard InChI is InChI=1S/C15H18FN3O2.HI/c1-3-5-18-15(17-2)19-6-4-11-7-13(16)8-12-9-20-10-21-14(11)12;/h1,7-8H,4-6,9-10H2,2H3,(H2,17,18,19);1H. The Bertz CT molecular complexity index is 573. The van der Waals surface area contributed by atoms with E-state index in [0.29, 0.717) is 32.1 Å². The summed E-state index contributed by atoms with van der Waals surface area (Å²) >= 11 is 0. The zero-order valence-electron chi connectivity index (χ0n) is 12.3. The van der Waals surface area contributed by atoms with Gasteiger partial charge in [-0.3, -0.25) is 4.99 Å². The minimum Gasteiger partial charge on any atom is -0.467 e. The summed E-state index contributed by atoms with van der Waals surface area (Å²) in [4.78, 5) is 4.04. The molecule has 1 heterocycles. The van der Waals surface area contributed by atoms with E-state index in [1.807, 2.05) is 0 Å². The molecule has 0 amide bonds. The molecule has 0 aliphatic carbocycles. The Morgan fingerprint density at radius 2 is 2.27 bits per heavy atom. The van der Waals surface area contributed by atoms with Gasteiger partial charge in [-0.15, -0.1) is 30.4 Å². The van der Waals surface area contributed by atoms with Crippen LogP contribution in [0.2, 0.25) is 0 Å². The highest BCUT2D eigenvalue weighted by Crippen LogP contribution is 2.29. The van der Waals surface area contributed by atoms with E-state index in [4.69, 9.17) is 15.9 Å². The first kappa shape index (κ1) is 18.5. The summed E-state index contributed by atoms with van der Waals surface area (Å²) < 4.78 is 24.2. The molecular weight excluding hydrogens is 400 g/mol. The van der Waals surface area contributed by atoms with Crippen LogP contribution in [0.1, 0.15) is 11.1 Å². The number of aliphatic imine (C=N–C) groups is 1. The molecule has 0 aromatic heterocycles. The number of fused-ring (bicyclic) bond motifs is 1. The minimum absolute atomic E-state index is 0. The van der Waals surface area contributed by atoms with Gasteiger partial charge in [-0.1, -0.05) is 5.92 Å². The number of rotatable bonds is 4. The maximum Gasteiger partial charge on any atom is 0.191 e. The Labute approximate surface area is 146 Å². The first-order chi connectivity index (χ1) is 10.2. The maximum absolute atomic E-state index is 13.6. The summed E-state index contributed by atoms with van der Waals surface area (Å²) in [5.74, 6) is 3.52. The van der Waals surface area contributed by atoms with Crippen LogP contribution in [0, 0.1) is 18.2 Å². The number of terminal acetylenes is 1. The summed E-state index contributed by atoms with van der Waals surface area (Å²) in [6, 6.07) is 2.93. The lowest BCUT2D eigenvalue weighted by Crippen LogP contribution is -2.38. The summed E-state index contributed by atoms with van der Waals surface area (Å²) in [6.07, 6.45) is 5.79. The van der Waals surface area contributed by atoms with Gasteiger partial charge in [0.25, 0.3) is 0 Å². The lowest BCUT2D eigenvalue weighted by Gasteiger charge is -2.21. The van der Waals surface area contributed by atoms with Crippen molar-refractivity contribution in [3.05, 3.63) is 29.1 Å². The summed E-state index contributed by atoms with van der Waals surface area (Å²) in [6.45, 7) is 1.56. The van der Waals surface area contributed by atoms with Crippen molar-refractivity contribution in [2.75, 3.05) is 26.9 Å². The average molecular weight is 419 g/mol. The second-order valence-electron chi connectivity index (χ2n) is 4.47. The van der Waals surface area contributed by atoms with Crippen molar-refractivity contribution in [1.82, 2.24) is 10.6 Å². The fourth-order valence-corrected chi connectivity index (χ4v) is 2.11. The number of benzene rings is 1. The second-order valence-corrected chi connectivity index (χ2v) is 4.47. The van der Waals surface area contributed by atoms with Crippen LogP contribution >= 0.6 is 24.0 Å². The molecule has 1 aromatic rings. The normalized spacial score (nSPS) is 13.2. The summed E-state index contributed by atoms with van der Waals surface area (Å²) in [5.41, 5.74) is 1.55. The van der Waals surface area contributed by atoms with E-state index in [1.54, 1.807) is 7.05 Å². The summed E-state index contributed by atoms with van der Waals surface area (Å²) in [5, 5.41) is 6.07. The lowest BCUT2D eigenvalue weighted by molar-refractivity contribution is -0.0172. The monoisotopic (exact) mass is 419 g/mol. The van der Waals surface area contributed by atoms with Crippen molar-refractivity contribution < 1.29 is 13.9 Å². The van der Waals surface area contributed by atoms with E-state index >= 15 is 0 Å². The van der Waals surface area contributed by atoms with E-state index in [1.165, 1.54) is 12.1 Å². The highest BCUT2D eigenvalue weighted by atomic mass is 127. The van der Waals surface area contributed by atoms with E-state index in [9.17, 15) is 4.39 Å². The van der Waals surface area contributed by atoms with Gasteiger partial charge < -0.3 is 20.1 Å². The Hall–Kier alpha value is -1.53. The van der Waals surface area contributed by atoms with Crippen molar-refractivity contribution in [2.45, 2.75) is 13.0 Å². The molecule has 22 heavy (non-hydrogen) atoms. The van der Waals surface area contributed by atoms with Crippen LogP contribution in [-0.4, -0.2) is 32.9 Å². The van der Waals surface area contributed by atoms with Crippen molar-refractivity contribution in [3.63, 3.8) is 0 Å². The molecule has 2 N–H and O–H groups in total. The Morgan fingerprint density at radius 3 is 3.00 bits per heavy atom. The van der Waals surface area contributed by atoms with Gasteiger partial charge >= 0.3 is 0 Å². The molecule has 0 bridgehead atoms. The molecular formula is C15H19FIN3O2. The van der Waals surface area contributed by atoms with E-state index in [-0.39, 0.29) is 36.6 Å². The van der Waals surface area contributed by atoms with Crippen LogP contribution in [0.15, 0.2) is 17.1 Å². The van der Waals surface area contributed by atoms with Gasteiger partial charge in [0.15, 0.2) is 12.8 Å². The molecule has 0 saturated heterocycles. The highest BCUT2D eigenvalue weighted by Gasteiger charge is 2.16. The predicted molar refractivity (Wildman–Crippen MR) is 94.0 cm³/mol.